The average molecular weight is 388 g/mol. The maximum absolute atomic E-state index is 12.8. The number of urea groups is 1. The van der Waals surface area contributed by atoms with Crippen LogP contribution in [0.5, 0.6) is 0 Å². The van der Waals surface area contributed by atoms with E-state index in [0.29, 0.717) is 31.8 Å². The molecule has 1 aromatic heterocycles. The summed E-state index contributed by atoms with van der Waals surface area (Å²) in [5.41, 5.74) is 1.47. The van der Waals surface area contributed by atoms with Gasteiger partial charge in [-0.25, -0.2) is 9.78 Å². The molecule has 1 atom stereocenters. The number of ether oxygens (including phenoxy) is 1. The molecule has 3 amide bonds. The van der Waals surface area contributed by atoms with Gasteiger partial charge in [0.15, 0.2) is 0 Å². The summed E-state index contributed by atoms with van der Waals surface area (Å²) in [4.78, 5) is 32.6. The van der Waals surface area contributed by atoms with Crippen LogP contribution in [-0.4, -0.2) is 48.1 Å². The lowest BCUT2D eigenvalue weighted by Crippen LogP contribution is -2.37. The van der Waals surface area contributed by atoms with Gasteiger partial charge >= 0.3 is 6.03 Å². The van der Waals surface area contributed by atoms with E-state index in [1.165, 1.54) is 11.3 Å². The smallest absolute Gasteiger partial charge is 0.322 e. The first-order valence-electron chi connectivity index (χ1n) is 8.94. The van der Waals surface area contributed by atoms with Crippen molar-refractivity contribution in [1.29, 1.82) is 0 Å². The predicted molar refractivity (Wildman–Crippen MR) is 106 cm³/mol. The Morgan fingerprint density at radius 2 is 2.33 bits per heavy atom. The van der Waals surface area contributed by atoms with Gasteiger partial charge < -0.3 is 19.9 Å². The fraction of sp³-hybridized carbons (Fsp3) is 0.421. The highest BCUT2D eigenvalue weighted by Crippen LogP contribution is 2.28. The van der Waals surface area contributed by atoms with Crippen molar-refractivity contribution in [3.63, 3.8) is 0 Å². The molecule has 1 aromatic carbocycles. The number of nitrogens with one attached hydrogen (secondary N) is 1. The molecule has 1 aliphatic heterocycles. The molecule has 0 aliphatic carbocycles. The number of thiazole rings is 1. The molecular formula is C19H24N4O3S. The van der Waals surface area contributed by atoms with Gasteiger partial charge in [-0.3, -0.25) is 4.79 Å². The molecule has 1 saturated heterocycles. The Labute approximate surface area is 162 Å². The molecule has 2 aromatic rings. The topological polar surface area (TPSA) is 74.8 Å². The molecule has 0 radical (unpaired) electrons. The Kier molecular flexibility index (Phi) is 6.41. The highest BCUT2D eigenvalue weighted by atomic mass is 32.1. The second kappa shape index (κ2) is 8.96. The Hall–Kier alpha value is -2.45. The largest absolute Gasteiger partial charge is 0.383 e. The molecule has 8 heteroatoms. The molecule has 7 nitrogen and oxygen atoms in total. The summed E-state index contributed by atoms with van der Waals surface area (Å²) in [7, 11) is 1.61. The summed E-state index contributed by atoms with van der Waals surface area (Å²) >= 11 is 1.51. The fourth-order valence-corrected chi connectivity index (χ4v) is 3.74. The monoisotopic (exact) mass is 388 g/mol. The van der Waals surface area contributed by atoms with Gasteiger partial charge in [0.25, 0.3) is 0 Å². The van der Waals surface area contributed by atoms with Crippen LogP contribution in [0.4, 0.5) is 16.2 Å². The molecule has 3 rings (SSSR count). The normalized spacial score (nSPS) is 16.6. The maximum atomic E-state index is 12.8. The molecule has 0 spiro atoms. The highest BCUT2D eigenvalue weighted by Gasteiger charge is 2.28. The zero-order chi connectivity index (χ0) is 19.2. The van der Waals surface area contributed by atoms with Crippen molar-refractivity contribution >= 4 is 34.6 Å². The van der Waals surface area contributed by atoms with Crippen molar-refractivity contribution in [3.05, 3.63) is 40.8 Å². The number of anilines is 2. The Bertz CT molecular complexity index is 781. The Balaban J connectivity index is 1.71. The lowest BCUT2D eigenvalue weighted by molar-refractivity contribution is -0.117. The number of rotatable bonds is 7. The number of hydrogen-bond donors (Lipinski definition) is 1. The van der Waals surface area contributed by atoms with Crippen LogP contribution >= 0.6 is 11.3 Å². The van der Waals surface area contributed by atoms with Crippen molar-refractivity contribution in [2.45, 2.75) is 32.4 Å². The third-order valence-corrected chi connectivity index (χ3v) is 5.29. The number of carbonyl (C=O) groups is 2. The SMILES string of the molecule is COCCN(Cc1nccs1)C(=O)Nc1cccc(N2C(=O)CCC2C)c1. The van der Waals surface area contributed by atoms with Gasteiger partial charge in [-0.15, -0.1) is 11.3 Å². The zero-order valence-corrected chi connectivity index (χ0v) is 16.4. The number of benzene rings is 1. The van der Waals surface area contributed by atoms with E-state index in [0.717, 1.165) is 17.1 Å². The van der Waals surface area contributed by atoms with Crippen molar-refractivity contribution in [3.8, 4) is 0 Å². The second-order valence-corrected chi connectivity index (χ2v) is 7.45. The van der Waals surface area contributed by atoms with Crippen LogP contribution in [0.2, 0.25) is 0 Å². The molecule has 0 saturated carbocycles. The summed E-state index contributed by atoms with van der Waals surface area (Å²) in [5, 5.41) is 5.68. The number of amides is 3. The van der Waals surface area contributed by atoms with E-state index in [4.69, 9.17) is 4.74 Å². The van der Waals surface area contributed by atoms with Crippen molar-refractivity contribution < 1.29 is 14.3 Å². The molecule has 0 bridgehead atoms. The van der Waals surface area contributed by atoms with Gasteiger partial charge in [0.2, 0.25) is 5.91 Å². The molecular weight excluding hydrogens is 364 g/mol. The first-order valence-corrected chi connectivity index (χ1v) is 9.82. The van der Waals surface area contributed by atoms with E-state index < -0.39 is 0 Å². The van der Waals surface area contributed by atoms with Gasteiger partial charge in [0.1, 0.15) is 5.01 Å². The van der Waals surface area contributed by atoms with E-state index in [1.54, 1.807) is 23.1 Å². The van der Waals surface area contributed by atoms with E-state index in [-0.39, 0.29) is 18.0 Å². The van der Waals surface area contributed by atoms with Crippen LogP contribution in [0.1, 0.15) is 24.8 Å². The summed E-state index contributed by atoms with van der Waals surface area (Å²) in [6, 6.07) is 7.36. The molecule has 1 N–H and O–H groups in total. The quantitative estimate of drug-likeness (QED) is 0.789. The van der Waals surface area contributed by atoms with Gasteiger partial charge in [-0.1, -0.05) is 6.07 Å². The molecule has 144 valence electrons. The third-order valence-electron chi connectivity index (χ3n) is 4.52. The minimum Gasteiger partial charge on any atom is -0.383 e. The lowest BCUT2D eigenvalue weighted by atomic mass is 10.2. The first kappa shape index (κ1) is 19.3. The molecule has 1 fully saturated rings. The Morgan fingerprint density at radius 3 is 3.00 bits per heavy atom. The summed E-state index contributed by atoms with van der Waals surface area (Å²) in [6.45, 7) is 3.37. The van der Waals surface area contributed by atoms with Crippen LogP contribution < -0.4 is 10.2 Å². The van der Waals surface area contributed by atoms with Crippen molar-refractivity contribution in [2.75, 3.05) is 30.5 Å². The number of aromatic nitrogens is 1. The molecule has 1 aliphatic rings. The number of hydrogen-bond acceptors (Lipinski definition) is 5. The fourth-order valence-electron chi connectivity index (χ4n) is 3.11. The number of carbonyl (C=O) groups excluding carboxylic acids is 2. The first-order chi connectivity index (χ1) is 13.1. The van der Waals surface area contributed by atoms with E-state index in [2.05, 4.69) is 10.3 Å². The van der Waals surface area contributed by atoms with Crippen molar-refractivity contribution in [1.82, 2.24) is 9.88 Å². The lowest BCUT2D eigenvalue weighted by Gasteiger charge is -2.24. The van der Waals surface area contributed by atoms with E-state index in [1.807, 2.05) is 36.6 Å². The van der Waals surface area contributed by atoms with Gasteiger partial charge in [0, 0.05) is 49.1 Å². The second-order valence-electron chi connectivity index (χ2n) is 6.47. The van der Waals surface area contributed by atoms with Crippen LogP contribution in [-0.2, 0) is 16.1 Å². The molecule has 1 unspecified atom stereocenters. The minimum atomic E-state index is -0.222. The summed E-state index contributed by atoms with van der Waals surface area (Å²) < 4.78 is 5.12. The molecule has 2 heterocycles. The van der Waals surface area contributed by atoms with Gasteiger partial charge in [-0.2, -0.15) is 0 Å². The Morgan fingerprint density at radius 1 is 1.48 bits per heavy atom. The van der Waals surface area contributed by atoms with Gasteiger partial charge in [0.05, 0.1) is 13.2 Å². The summed E-state index contributed by atoms with van der Waals surface area (Å²) in [5.74, 6) is 0.122. The zero-order valence-electron chi connectivity index (χ0n) is 15.6. The number of nitrogens with zero attached hydrogens (tertiary/aromatic N) is 3. The van der Waals surface area contributed by atoms with Crippen LogP contribution in [0.25, 0.3) is 0 Å². The van der Waals surface area contributed by atoms with Crippen LogP contribution in [0.3, 0.4) is 0 Å². The van der Waals surface area contributed by atoms with Crippen molar-refractivity contribution in [2.24, 2.45) is 0 Å². The highest BCUT2D eigenvalue weighted by molar-refractivity contribution is 7.09. The third kappa shape index (κ3) is 4.84. The average Bonchev–Trinajstić information content (AvgIpc) is 3.28. The minimum absolute atomic E-state index is 0.122. The number of methoxy groups -OCH3 is 1. The van der Waals surface area contributed by atoms with Crippen LogP contribution in [0, 0.1) is 0 Å². The predicted octanol–water partition coefficient (Wildman–Crippen LogP) is 3.34. The summed E-state index contributed by atoms with van der Waals surface area (Å²) in [6.07, 6.45) is 3.15. The molecule has 27 heavy (non-hydrogen) atoms. The van der Waals surface area contributed by atoms with E-state index in [9.17, 15) is 9.59 Å². The standard InChI is InChI=1S/C19H24N4O3S/c1-14-6-7-18(24)23(14)16-5-3-4-15(12-16)21-19(25)22(9-10-26-2)13-17-20-8-11-27-17/h3-5,8,11-12,14H,6-7,9-10,13H2,1-2H3,(H,21,25). The van der Waals surface area contributed by atoms with Crippen LogP contribution in [0.15, 0.2) is 35.8 Å². The van der Waals surface area contributed by atoms with Gasteiger partial charge in [-0.05, 0) is 31.5 Å². The van der Waals surface area contributed by atoms with E-state index >= 15 is 0 Å². The maximum Gasteiger partial charge on any atom is 0.322 e.